The molecule has 0 saturated heterocycles. The van der Waals surface area contributed by atoms with Crippen molar-refractivity contribution >= 4 is 18.0 Å². The number of hydrogen-bond acceptors (Lipinski definition) is 5. The van der Waals surface area contributed by atoms with Crippen molar-refractivity contribution < 1.29 is 19.1 Å². The van der Waals surface area contributed by atoms with Crippen molar-refractivity contribution in [3.8, 4) is 11.5 Å². The maximum absolute atomic E-state index is 12.3. The first-order valence-electron chi connectivity index (χ1n) is 8.72. The van der Waals surface area contributed by atoms with Crippen LogP contribution in [0.2, 0.25) is 0 Å². The van der Waals surface area contributed by atoms with Crippen molar-refractivity contribution in [1.29, 1.82) is 0 Å². The SMILES string of the molecule is COc1cc(C=O)ccc1OCC(=O)Nc1ccnn1Cc1cccc(C)c1. The zero-order valence-corrected chi connectivity index (χ0v) is 15.7. The number of rotatable bonds is 8. The zero-order chi connectivity index (χ0) is 19.9. The summed E-state index contributed by atoms with van der Waals surface area (Å²) >= 11 is 0. The second-order valence-corrected chi connectivity index (χ2v) is 6.23. The van der Waals surface area contributed by atoms with Crippen LogP contribution < -0.4 is 14.8 Å². The molecule has 2 aromatic carbocycles. The van der Waals surface area contributed by atoms with Crippen LogP contribution in [0.25, 0.3) is 0 Å². The van der Waals surface area contributed by atoms with E-state index in [1.807, 2.05) is 25.1 Å². The molecule has 0 aliphatic carbocycles. The van der Waals surface area contributed by atoms with Gasteiger partial charge in [-0.1, -0.05) is 29.8 Å². The van der Waals surface area contributed by atoms with Crippen LogP contribution in [0.5, 0.6) is 11.5 Å². The lowest BCUT2D eigenvalue weighted by Gasteiger charge is -2.12. The van der Waals surface area contributed by atoms with Gasteiger partial charge in [-0.3, -0.25) is 9.59 Å². The van der Waals surface area contributed by atoms with Crippen molar-refractivity contribution in [3.63, 3.8) is 0 Å². The molecule has 0 atom stereocenters. The number of aromatic nitrogens is 2. The fourth-order valence-electron chi connectivity index (χ4n) is 2.75. The molecule has 0 aliphatic heterocycles. The molecule has 0 fully saturated rings. The molecule has 28 heavy (non-hydrogen) atoms. The number of hydrogen-bond donors (Lipinski definition) is 1. The molecule has 0 spiro atoms. The Labute approximate surface area is 162 Å². The van der Waals surface area contributed by atoms with E-state index in [9.17, 15) is 9.59 Å². The molecule has 7 nitrogen and oxygen atoms in total. The summed E-state index contributed by atoms with van der Waals surface area (Å²) in [6.45, 7) is 2.38. The Balaban J connectivity index is 1.62. The lowest BCUT2D eigenvalue weighted by atomic mass is 10.1. The number of nitrogens with one attached hydrogen (secondary N) is 1. The lowest BCUT2D eigenvalue weighted by Crippen LogP contribution is -2.22. The normalized spacial score (nSPS) is 10.4. The highest BCUT2D eigenvalue weighted by molar-refractivity contribution is 5.91. The summed E-state index contributed by atoms with van der Waals surface area (Å²) in [6.07, 6.45) is 2.35. The number of amides is 1. The highest BCUT2D eigenvalue weighted by Crippen LogP contribution is 2.27. The quantitative estimate of drug-likeness (QED) is 0.608. The van der Waals surface area contributed by atoms with Crippen LogP contribution in [-0.2, 0) is 11.3 Å². The summed E-state index contributed by atoms with van der Waals surface area (Å²) in [6, 6.07) is 14.6. The molecular formula is C21H21N3O4. The molecule has 0 aliphatic rings. The van der Waals surface area contributed by atoms with Crippen molar-refractivity contribution in [2.75, 3.05) is 19.0 Å². The highest BCUT2D eigenvalue weighted by atomic mass is 16.5. The number of methoxy groups -OCH3 is 1. The predicted octanol–water partition coefficient (Wildman–Crippen LogP) is 3.08. The van der Waals surface area contributed by atoms with E-state index in [0.29, 0.717) is 35.7 Å². The molecule has 1 heterocycles. The molecule has 0 bridgehead atoms. The van der Waals surface area contributed by atoms with Gasteiger partial charge in [0.05, 0.1) is 19.9 Å². The Morgan fingerprint density at radius 2 is 2.04 bits per heavy atom. The third-order valence-electron chi connectivity index (χ3n) is 4.08. The van der Waals surface area contributed by atoms with E-state index in [0.717, 1.165) is 11.1 Å². The predicted molar refractivity (Wildman–Crippen MR) is 105 cm³/mol. The number of carbonyl (C=O) groups excluding carboxylic acids is 2. The first kappa shape index (κ1) is 19.2. The fourth-order valence-corrected chi connectivity index (χ4v) is 2.75. The van der Waals surface area contributed by atoms with Gasteiger partial charge < -0.3 is 14.8 Å². The van der Waals surface area contributed by atoms with E-state index >= 15 is 0 Å². The average Bonchev–Trinajstić information content (AvgIpc) is 3.12. The maximum Gasteiger partial charge on any atom is 0.263 e. The molecule has 1 N–H and O–H groups in total. The molecule has 0 radical (unpaired) electrons. The summed E-state index contributed by atoms with van der Waals surface area (Å²) in [5.74, 6) is 1.03. The topological polar surface area (TPSA) is 82.4 Å². The van der Waals surface area contributed by atoms with Gasteiger partial charge in [0.2, 0.25) is 0 Å². The number of ether oxygens (including phenoxy) is 2. The van der Waals surface area contributed by atoms with E-state index < -0.39 is 0 Å². The van der Waals surface area contributed by atoms with Gasteiger partial charge in [0.25, 0.3) is 5.91 Å². The Kier molecular flexibility index (Phi) is 6.06. The molecule has 7 heteroatoms. The van der Waals surface area contributed by atoms with Crippen LogP contribution in [0.4, 0.5) is 5.82 Å². The van der Waals surface area contributed by atoms with E-state index in [1.165, 1.54) is 7.11 Å². The van der Waals surface area contributed by atoms with Gasteiger partial charge in [-0.25, -0.2) is 4.68 Å². The summed E-state index contributed by atoms with van der Waals surface area (Å²) in [5, 5.41) is 7.06. The average molecular weight is 379 g/mol. The molecule has 3 rings (SSSR count). The number of nitrogens with zero attached hydrogens (tertiary/aromatic N) is 2. The van der Waals surface area contributed by atoms with E-state index in [2.05, 4.69) is 16.5 Å². The molecular weight excluding hydrogens is 358 g/mol. The van der Waals surface area contributed by atoms with Gasteiger partial charge >= 0.3 is 0 Å². The number of benzene rings is 2. The van der Waals surface area contributed by atoms with E-state index in [-0.39, 0.29) is 12.5 Å². The van der Waals surface area contributed by atoms with Crippen molar-refractivity contribution in [1.82, 2.24) is 9.78 Å². The van der Waals surface area contributed by atoms with Crippen LogP contribution in [0.15, 0.2) is 54.7 Å². The summed E-state index contributed by atoms with van der Waals surface area (Å²) in [5.41, 5.74) is 2.72. The van der Waals surface area contributed by atoms with Crippen LogP contribution in [0.1, 0.15) is 21.5 Å². The summed E-state index contributed by atoms with van der Waals surface area (Å²) in [4.78, 5) is 23.1. The minimum atomic E-state index is -0.326. The standard InChI is InChI=1S/C21H21N3O4/c1-15-4-3-5-16(10-15)12-24-20(8-9-22-24)23-21(26)14-28-18-7-6-17(13-25)11-19(18)27-2/h3-11,13H,12,14H2,1-2H3,(H,23,26). The molecule has 3 aromatic rings. The third kappa shape index (κ3) is 4.76. The molecule has 0 unspecified atom stereocenters. The van der Waals surface area contributed by atoms with Gasteiger partial charge in [-0.05, 0) is 30.7 Å². The Morgan fingerprint density at radius 3 is 2.79 bits per heavy atom. The van der Waals surface area contributed by atoms with Gasteiger partial charge in [0.15, 0.2) is 18.1 Å². The third-order valence-corrected chi connectivity index (χ3v) is 4.08. The Bertz CT molecular complexity index is 981. The van der Waals surface area contributed by atoms with Crippen LogP contribution in [0.3, 0.4) is 0 Å². The lowest BCUT2D eigenvalue weighted by molar-refractivity contribution is -0.118. The molecule has 1 aromatic heterocycles. The van der Waals surface area contributed by atoms with Gasteiger partial charge in [-0.2, -0.15) is 5.10 Å². The van der Waals surface area contributed by atoms with Crippen LogP contribution >= 0.6 is 0 Å². The van der Waals surface area contributed by atoms with Crippen molar-refractivity contribution in [3.05, 3.63) is 71.4 Å². The first-order chi connectivity index (χ1) is 13.6. The van der Waals surface area contributed by atoms with Crippen molar-refractivity contribution in [2.24, 2.45) is 0 Å². The van der Waals surface area contributed by atoms with Gasteiger partial charge in [0.1, 0.15) is 12.1 Å². The van der Waals surface area contributed by atoms with E-state index in [4.69, 9.17) is 9.47 Å². The highest BCUT2D eigenvalue weighted by Gasteiger charge is 2.11. The number of aryl methyl sites for hydroxylation is 1. The van der Waals surface area contributed by atoms with Crippen LogP contribution in [-0.4, -0.2) is 35.7 Å². The summed E-state index contributed by atoms with van der Waals surface area (Å²) < 4.78 is 12.4. The summed E-state index contributed by atoms with van der Waals surface area (Å²) in [7, 11) is 1.47. The largest absolute Gasteiger partial charge is 0.493 e. The Morgan fingerprint density at radius 1 is 1.18 bits per heavy atom. The van der Waals surface area contributed by atoms with Gasteiger partial charge in [0, 0.05) is 11.6 Å². The van der Waals surface area contributed by atoms with Crippen LogP contribution in [0, 0.1) is 6.92 Å². The minimum absolute atomic E-state index is 0.202. The molecule has 1 amide bonds. The molecule has 0 saturated carbocycles. The molecule has 144 valence electrons. The first-order valence-corrected chi connectivity index (χ1v) is 8.72. The minimum Gasteiger partial charge on any atom is -0.493 e. The Hall–Kier alpha value is -3.61. The second kappa shape index (κ2) is 8.85. The zero-order valence-electron chi connectivity index (χ0n) is 15.7. The fraction of sp³-hybridized carbons (Fsp3) is 0.190. The van der Waals surface area contributed by atoms with Crippen molar-refractivity contribution in [2.45, 2.75) is 13.5 Å². The number of anilines is 1. The second-order valence-electron chi connectivity index (χ2n) is 6.23. The van der Waals surface area contributed by atoms with E-state index in [1.54, 1.807) is 35.1 Å². The monoisotopic (exact) mass is 379 g/mol. The van der Waals surface area contributed by atoms with Gasteiger partial charge in [-0.15, -0.1) is 0 Å². The number of carbonyl (C=O) groups is 2. The smallest absolute Gasteiger partial charge is 0.263 e. The number of aldehydes is 1. The maximum atomic E-state index is 12.3.